The number of aromatic nitrogens is 3. The Balaban J connectivity index is 0.000000478. The summed E-state index contributed by atoms with van der Waals surface area (Å²) in [6, 6.07) is 8.93. The third kappa shape index (κ3) is 4.90. The fraction of sp³-hybridized carbons (Fsp3) is 0.227. The van der Waals surface area contributed by atoms with Crippen LogP contribution in [0.3, 0.4) is 0 Å². The Hall–Kier alpha value is -2.87. The fourth-order valence-electron chi connectivity index (χ4n) is 3.04. The Bertz CT molecular complexity index is 1170. The number of aryl methyl sites for hydroxylation is 1. The molecule has 0 atom stereocenters. The first-order valence-electron chi connectivity index (χ1n) is 9.64. The van der Waals surface area contributed by atoms with Crippen LogP contribution in [0, 0.1) is 6.92 Å². The minimum atomic E-state index is -0.168. The molecule has 0 spiro atoms. The lowest BCUT2D eigenvalue weighted by Gasteiger charge is -2.14. The average Bonchev–Trinajstić information content (AvgIpc) is 3.45. The van der Waals surface area contributed by atoms with E-state index in [1.54, 1.807) is 47.2 Å². The van der Waals surface area contributed by atoms with Crippen molar-refractivity contribution >= 4 is 34.9 Å². The molecule has 31 heavy (non-hydrogen) atoms. The molecule has 0 fully saturated rings. The lowest BCUT2D eigenvalue weighted by Crippen LogP contribution is -2.26. The van der Waals surface area contributed by atoms with E-state index in [9.17, 15) is 4.79 Å². The number of halogens is 2. The number of nitrogens with two attached hydrogens (primary N) is 1. The topological polar surface area (TPSA) is 89.7 Å². The number of nitrogens with zero attached hydrogens (tertiary/aromatic N) is 4. The van der Waals surface area contributed by atoms with Crippen LogP contribution < -0.4 is 5.73 Å². The summed E-state index contributed by atoms with van der Waals surface area (Å²) in [5, 5.41) is 1.03. The molecule has 7 nitrogen and oxygen atoms in total. The first-order valence-corrected chi connectivity index (χ1v) is 10.4. The average molecular weight is 460 g/mol. The molecule has 0 saturated carbocycles. The summed E-state index contributed by atoms with van der Waals surface area (Å²) in [4.78, 5) is 23.0. The highest BCUT2D eigenvalue weighted by atomic mass is 35.5. The van der Waals surface area contributed by atoms with Crippen LogP contribution in [0.5, 0.6) is 0 Å². The van der Waals surface area contributed by atoms with Crippen LogP contribution in [0.2, 0.25) is 10.0 Å². The number of carbonyl (C=O) groups is 1. The summed E-state index contributed by atoms with van der Waals surface area (Å²) in [6.45, 7) is 4.63. The molecule has 0 saturated heterocycles. The monoisotopic (exact) mass is 459 g/mol. The van der Waals surface area contributed by atoms with Crippen LogP contribution in [-0.2, 0) is 6.54 Å². The molecule has 3 aromatic heterocycles. The first kappa shape index (κ1) is 22.8. The molecular weight excluding hydrogens is 437 g/mol. The van der Waals surface area contributed by atoms with Crippen molar-refractivity contribution < 1.29 is 9.21 Å². The van der Waals surface area contributed by atoms with E-state index in [4.69, 9.17) is 28.9 Å². The lowest BCUT2D eigenvalue weighted by molar-refractivity contribution is 0.0797. The molecule has 3 heterocycles. The molecule has 0 aliphatic heterocycles. The van der Waals surface area contributed by atoms with Crippen molar-refractivity contribution in [2.75, 3.05) is 13.6 Å². The van der Waals surface area contributed by atoms with Crippen LogP contribution in [0.15, 0.2) is 53.5 Å². The van der Waals surface area contributed by atoms with Gasteiger partial charge in [0.2, 0.25) is 5.78 Å². The molecule has 0 unspecified atom stereocenters. The third-order valence-electron chi connectivity index (χ3n) is 4.77. The van der Waals surface area contributed by atoms with Crippen LogP contribution in [0.25, 0.3) is 17.0 Å². The summed E-state index contributed by atoms with van der Waals surface area (Å²) in [5.74, 6) is 0.256. The Kier molecular flexibility index (Phi) is 7.33. The van der Waals surface area contributed by atoms with Crippen LogP contribution in [0.4, 0.5) is 0 Å². The second-order valence-electron chi connectivity index (χ2n) is 6.76. The summed E-state index contributed by atoms with van der Waals surface area (Å²) in [7, 11) is 1.73. The smallest absolute Gasteiger partial charge is 0.273 e. The summed E-state index contributed by atoms with van der Waals surface area (Å²) >= 11 is 12.5. The number of furan rings is 1. The number of rotatable bonds is 4. The zero-order valence-electron chi connectivity index (χ0n) is 17.5. The van der Waals surface area contributed by atoms with Crippen molar-refractivity contribution in [1.82, 2.24) is 19.3 Å². The van der Waals surface area contributed by atoms with Gasteiger partial charge in [-0.1, -0.05) is 23.2 Å². The van der Waals surface area contributed by atoms with E-state index in [1.807, 2.05) is 32.0 Å². The van der Waals surface area contributed by atoms with Gasteiger partial charge < -0.3 is 15.1 Å². The molecule has 0 radical (unpaired) electrons. The van der Waals surface area contributed by atoms with E-state index in [0.29, 0.717) is 28.1 Å². The van der Waals surface area contributed by atoms with Gasteiger partial charge in [-0.05, 0) is 44.2 Å². The summed E-state index contributed by atoms with van der Waals surface area (Å²) in [5.41, 5.74) is 9.40. The van der Waals surface area contributed by atoms with Gasteiger partial charge in [0.05, 0.1) is 23.2 Å². The largest absolute Gasteiger partial charge is 0.473 e. The SMILES string of the molecule is CCN(C)C(=O)c1cn2c(-c3ccc(Cl)cc3Cl)c(CN)c(C)nc2n1.c1ccoc1. The molecule has 9 heteroatoms. The van der Waals surface area contributed by atoms with E-state index in [2.05, 4.69) is 14.4 Å². The molecule has 0 bridgehead atoms. The molecular formula is C22H23Cl2N5O2. The van der Waals surface area contributed by atoms with Gasteiger partial charge in [0.25, 0.3) is 5.91 Å². The van der Waals surface area contributed by atoms with Crippen molar-refractivity contribution in [2.24, 2.45) is 5.73 Å². The van der Waals surface area contributed by atoms with Crippen LogP contribution in [-0.4, -0.2) is 38.8 Å². The van der Waals surface area contributed by atoms with Gasteiger partial charge in [-0.25, -0.2) is 9.97 Å². The Morgan fingerprint density at radius 1 is 1.23 bits per heavy atom. The number of hydrogen-bond acceptors (Lipinski definition) is 5. The van der Waals surface area contributed by atoms with Crippen molar-refractivity contribution in [1.29, 1.82) is 0 Å². The van der Waals surface area contributed by atoms with E-state index >= 15 is 0 Å². The molecule has 4 aromatic rings. The standard InChI is InChI=1S/C18H19Cl2N5O.C4H4O/c1-4-24(3)17(26)15-9-25-16(12-6-5-11(19)7-14(12)20)13(8-21)10(2)22-18(25)23-15;1-2-4-5-3-1/h5-7,9H,4,8,21H2,1-3H3;1-4H. The van der Waals surface area contributed by atoms with Gasteiger partial charge in [-0.2, -0.15) is 0 Å². The number of carbonyl (C=O) groups excluding carboxylic acids is 1. The number of imidazole rings is 1. The maximum absolute atomic E-state index is 12.5. The van der Waals surface area contributed by atoms with Crippen LogP contribution in [0.1, 0.15) is 28.7 Å². The van der Waals surface area contributed by atoms with Crippen molar-refractivity contribution in [2.45, 2.75) is 20.4 Å². The lowest BCUT2D eigenvalue weighted by atomic mass is 10.0. The molecule has 0 aliphatic rings. The van der Waals surface area contributed by atoms with Gasteiger partial charge >= 0.3 is 0 Å². The predicted octanol–water partition coefficient (Wildman–Crippen LogP) is 4.84. The molecule has 0 aliphatic carbocycles. The minimum Gasteiger partial charge on any atom is -0.473 e. The Morgan fingerprint density at radius 3 is 2.48 bits per heavy atom. The molecule has 1 amide bonds. The van der Waals surface area contributed by atoms with E-state index in [1.165, 1.54) is 0 Å². The maximum Gasteiger partial charge on any atom is 0.273 e. The highest BCUT2D eigenvalue weighted by Crippen LogP contribution is 2.34. The number of hydrogen-bond donors (Lipinski definition) is 1. The quantitative estimate of drug-likeness (QED) is 0.471. The Labute approximate surface area is 190 Å². The summed E-state index contributed by atoms with van der Waals surface area (Å²) < 4.78 is 6.35. The van der Waals surface area contributed by atoms with Crippen molar-refractivity contribution in [3.63, 3.8) is 0 Å². The van der Waals surface area contributed by atoms with Crippen molar-refractivity contribution in [3.8, 4) is 11.3 Å². The zero-order chi connectivity index (χ0) is 22.5. The zero-order valence-corrected chi connectivity index (χ0v) is 19.0. The van der Waals surface area contributed by atoms with Gasteiger partial charge in [0, 0.05) is 48.2 Å². The highest BCUT2D eigenvalue weighted by Gasteiger charge is 2.21. The Morgan fingerprint density at radius 2 is 1.94 bits per heavy atom. The summed E-state index contributed by atoms with van der Waals surface area (Å²) in [6.07, 6.45) is 4.93. The molecule has 162 valence electrons. The molecule has 2 N–H and O–H groups in total. The van der Waals surface area contributed by atoms with Crippen molar-refractivity contribution in [3.05, 3.63) is 76.1 Å². The number of benzene rings is 1. The number of amides is 1. The second kappa shape index (κ2) is 9.96. The third-order valence-corrected chi connectivity index (χ3v) is 5.32. The van der Waals surface area contributed by atoms with E-state index in [-0.39, 0.29) is 12.5 Å². The normalized spacial score (nSPS) is 10.6. The van der Waals surface area contributed by atoms with Gasteiger partial charge in [-0.3, -0.25) is 9.20 Å². The minimum absolute atomic E-state index is 0.168. The maximum atomic E-state index is 12.5. The van der Waals surface area contributed by atoms with Crippen LogP contribution >= 0.6 is 23.2 Å². The van der Waals surface area contributed by atoms with Gasteiger partial charge in [0.1, 0.15) is 5.69 Å². The fourth-order valence-corrected chi connectivity index (χ4v) is 3.53. The molecule has 4 rings (SSSR count). The highest BCUT2D eigenvalue weighted by molar-refractivity contribution is 6.36. The first-order chi connectivity index (χ1) is 14.9. The van der Waals surface area contributed by atoms with E-state index < -0.39 is 0 Å². The van der Waals surface area contributed by atoms with E-state index in [0.717, 1.165) is 22.5 Å². The predicted molar refractivity (Wildman–Crippen MR) is 122 cm³/mol. The molecule has 1 aromatic carbocycles. The van der Waals surface area contributed by atoms with Gasteiger partial charge in [0.15, 0.2) is 0 Å². The second-order valence-corrected chi connectivity index (χ2v) is 7.60. The number of fused-ring (bicyclic) bond motifs is 1. The van der Waals surface area contributed by atoms with Gasteiger partial charge in [-0.15, -0.1) is 0 Å².